The van der Waals surface area contributed by atoms with Crippen molar-refractivity contribution in [3.8, 4) is 0 Å². The fourth-order valence-electron chi connectivity index (χ4n) is 2.55. The van der Waals surface area contributed by atoms with E-state index in [1.165, 1.54) is 0 Å². The van der Waals surface area contributed by atoms with Gasteiger partial charge in [-0.25, -0.2) is 4.79 Å². The highest BCUT2D eigenvalue weighted by atomic mass is 35.5. The van der Waals surface area contributed by atoms with Crippen LogP contribution in [0.25, 0.3) is 0 Å². The first-order chi connectivity index (χ1) is 12.7. The van der Waals surface area contributed by atoms with Crippen LogP contribution in [0.4, 0.5) is 5.69 Å². The molecule has 27 heavy (non-hydrogen) atoms. The first kappa shape index (κ1) is 19.4. The van der Waals surface area contributed by atoms with Crippen molar-refractivity contribution in [2.45, 2.75) is 27.3 Å². The quantitative estimate of drug-likeness (QED) is 0.543. The van der Waals surface area contributed by atoms with E-state index >= 15 is 0 Å². The van der Waals surface area contributed by atoms with Gasteiger partial charge in [-0.1, -0.05) is 52.6 Å². The SMILES string of the molecule is CC(C)(C)C(=O)ON=C1C(=O)N(Cc2ccc(Cl)c(Cl)c2)c2ccccc21. The molecule has 0 aromatic heterocycles. The number of nitrogens with zero attached hydrogens (tertiary/aromatic N) is 2. The maximum Gasteiger partial charge on any atom is 0.340 e. The molecule has 1 amide bonds. The van der Waals surface area contributed by atoms with E-state index in [4.69, 9.17) is 28.0 Å². The van der Waals surface area contributed by atoms with Gasteiger partial charge in [0.05, 0.1) is 27.7 Å². The van der Waals surface area contributed by atoms with Crippen molar-refractivity contribution < 1.29 is 14.4 Å². The maximum atomic E-state index is 12.9. The Morgan fingerprint density at radius 1 is 1.11 bits per heavy atom. The lowest BCUT2D eigenvalue weighted by atomic mass is 9.98. The lowest BCUT2D eigenvalue weighted by molar-refractivity contribution is -0.152. The van der Waals surface area contributed by atoms with Crippen molar-refractivity contribution in [2.75, 3.05) is 4.90 Å². The molecule has 140 valence electrons. The normalized spacial score (nSPS) is 15.2. The minimum atomic E-state index is -0.717. The molecular formula is C20H18Cl2N2O3. The number of anilines is 1. The van der Waals surface area contributed by atoms with E-state index in [1.807, 2.05) is 12.1 Å². The van der Waals surface area contributed by atoms with Crippen molar-refractivity contribution in [3.63, 3.8) is 0 Å². The average molecular weight is 405 g/mol. The van der Waals surface area contributed by atoms with E-state index in [9.17, 15) is 9.59 Å². The van der Waals surface area contributed by atoms with Crippen molar-refractivity contribution in [3.05, 3.63) is 63.6 Å². The molecule has 0 N–H and O–H groups in total. The third-order valence-electron chi connectivity index (χ3n) is 4.05. The van der Waals surface area contributed by atoms with Gasteiger partial charge in [0.15, 0.2) is 5.71 Å². The summed E-state index contributed by atoms with van der Waals surface area (Å²) in [5.74, 6) is -0.854. The predicted octanol–water partition coefficient (Wildman–Crippen LogP) is 4.83. The summed E-state index contributed by atoms with van der Waals surface area (Å²) in [5, 5.41) is 4.73. The number of oxime groups is 1. The molecule has 0 atom stereocenters. The van der Waals surface area contributed by atoms with Crippen LogP contribution in [0.15, 0.2) is 47.6 Å². The van der Waals surface area contributed by atoms with E-state index in [2.05, 4.69) is 5.16 Å². The fraction of sp³-hybridized carbons (Fsp3) is 0.250. The molecule has 2 aromatic carbocycles. The molecule has 0 unspecified atom stereocenters. The molecular weight excluding hydrogens is 387 g/mol. The second kappa shape index (κ2) is 7.33. The summed E-state index contributed by atoms with van der Waals surface area (Å²) in [4.78, 5) is 31.5. The van der Waals surface area contributed by atoms with E-state index < -0.39 is 11.4 Å². The van der Waals surface area contributed by atoms with Crippen LogP contribution < -0.4 is 4.90 Å². The van der Waals surface area contributed by atoms with Crippen molar-refractivity contribution >= 4 is 46.5 Å². The summed E-state index contributed by atoms with van der Waals surface area (Å²) in [6, 6.07) is 12.4. The Balaban J connectivity index is 1.92. The number of amides is 1. The molecule has 5 nitrogen and oxygen atoms in total. The Kier molecular flexibility index (Phi) is 5.27. The highest BCUT2D eigenvalue weighted by Gasteiger charge is 2.35. The number of carbonyl (C=O) groups is 2. The minimum Gasteiger partial charge on any atom is -0.317 e. The second-order valence-electron chi connectivity index (χ2n) is 7.23. The minimum absolute atomic E-state index is 0.100. The second-order valence-corrected chi connectivity index (χ2v) is 8.04. The molecule has 1 aliphatic rings. The fourth-order valence-corrected chi connectivity index (χ4v) is 2.87. The van der Waals surface area contributed by atoms with Crippen LogP contribution in [-0.4, -0.2) is 17.6 Å². The third-order valence-corrected chi connectivity index (χ3v) is 4.79. The van der Waals surface area contributed by atoms with Gasteiger partial charge in [0.1, 0.15) is 0 Å². The van der Waals surface area contributed by atoms with Gasteiger partial charge in [0.25, 0.3) is 5.91 Å². The number of para-hydroxylation sites is 1. The molecule has 1 heterocycles. The lowest BCUT2D eigenvalue weighted by Crippen LogP contribution is -2.30. The molecule has 0 aliphatic carbocycles. The maximum absolute atomic E-state index is 12.9. The van der Waals surface area contributed by atoms with Gasteiger partial charge in [-0.2, -0.15) is 0 Å². The predicted molar refractivity (Wildman–Crippen MR) is 106 cm³/mol. The van der Waals surface area contributed by atoms with Crippen LogP contribution in [-0.2, 0) is 21.0 Å². The molecule has 3 rings (SSSR count). The zero-order valence-corrected chi connectivity index (χ0v) is 16.6. The monoisotopic (exact) mass is 404 g/mol. The molecule has 0 spiro atoms. The molecule has 0 bridgehead atoms. The van der Waals surface area contributed by atoms with E-state index in [-0.39, 0.29) is 11.6 Å². The van der Waals surface area contributed by atoms with E-state index in [0.29, 0.717) is 27.8 Å². The highest BCUT2D eigenvalue weighted by molar-refractivity contribution is 6.54. The summed E-state index contributed by atoms with van der Waals surface area (Å²) in [7, 11) is 0. The number of benzene rings is 2. The summed E-state index contributed by atoms with van der Waals surface area (Å²) in [5.41, 5.74) is 1.51. The van der Waals surface area contributed by atoms with Crippen molar-refractivity contribution in [1.29, 1.82) is 0 Å². The Hall–Kier alpha value is -2.37. The van der Waals surface area contributed by atoms with Gasteiger partial charge in [-0.3, -0.25) is 4.79 Å². The Morgan fingerprint density at radius 2 is 1.81 bits per heavy atom. The molecule has 0 saturated heterocycles. The number of fused-ring (bicyclic) bond motifs is 1. The van der Waals surface area contributed by atoms with E-state index in [0.717, 1.165) is 5.56 Å². The highest BCUT2D eigenvalue weighted by Crippen LogP contribution is 2.32. The Morgan fingerprint density at radius 3 is 2.48 bits per heavy atom. The van der Waals surface area contributed by atoms with Gasteiger partial charge in [-0.05, 0) is 44.5 Å². The van der Waals surface area contributed by atoms with Crippen molar-refractivity contribution in [2.24, 2.45) is 10.6 Å². The van der Waals surface area contributed by atoms with Crippen LogP contribution in [0, 0.1) is 5.41 Å². The summed E-state index contributed by atoms with van der Waals surface area (Å²) >= 11 is 12.0. The van der Waals surface area contributed by atoms with Crippen LogP contribution in [0.3, 0.4) is 0 Å². The lowest BCUT2D eigenvalue weighted by Gasteiger charge is -2.17. The molecule has 0 fully saturated rings. The zero-order chi connectivity index (χ0) is 19.8. The standard InChI is InChI=1S/C20H18Cl2N2O3/c1-20(2,3)19(26)27-23-17-13-6-4-5-7-16(13)24(18(17)25)11-12-8-9-14(21)15(22)10-12/h4-10H,11H2,1-3H3. The van der Waals surface area contributed by atoms with Gasteiger partial charge < -0.3 is 9.74 Å². The zero-order valence-electron chi connectivity index (χ0n) is 15.1. The van der Waals surface area contributed by atoms with Gasteiger partial charge in [-0.15, -0.1) is 0 Å². The average Bonchev–Trinajstić information content (AvgIpc) is 2.87. The van der Waals surface area contributed by atoms with Crippen LogP contribution >= 0.6 is 23.2 Å². The topological polar surface area (TPSA) is 59.0 Å². The van der Waals surface area contributed by atoms with Crippen molar-refractivity contribution in [1.82, 2.24) is 0 Å². The number of hydrogen-bond donors (Lipinski definition) is 0. The summed E-state index contributed by atoms with van der Waals surface area (Å²) in [6.45, 7) is 5.45. The third kappa shape index (κ3) is 3.99. The Bertz CT molecular complexity index is 948. The summed E-state index contributed by atoms with van der Waals surface area (Å²) in [6.07, 6.45) is 0. The number of hydrogen-bond acceptors (Lipinski definition) is 4. The Labute approximate surface area is 167 Å². The molecule has 0 radical (unpaired) electrons. The van der Waals surface area contributed by atoms with Gasteiger partial charge in [0, 0.05) is 5.56 Å². The van der Waals surface area contributed by atoms with Crippen LogP contribution in [0.5, 0.6) is 0 Å². The number of rotatable bonds is 3. The smallest absolute Gasteiger partial charge is 0.317 e. The van der Waals surface area contributed by atoms with E-state index in [1.54, 1.807) is 56.0 Å². The molecule has 1 aliphatic heterocycles. The molecule has 7 heteroatoms. The first-order valence-corrected chi connectivity index (χ1v) is 9.08. The van der Waals surface area contributed by atoms with Gasteiger partial charge >= 0.3 is 5.97 Å². The number of carbonyl (C=O) groups excluding carboxylic acids is 2. The van der Waals surface area contributed by atoms with Gasteiger partial charge in [0.2, 0.25) is 0 Å². The number of halogens is 2. The largest absolute Gasteiger partial charge is 0.340 e. The first-order valence-electron chi connectivity index (χ1n) is 8.33. The molecule has 2 aromatic rings. The van der Waals surface area contributed by atoms with Crippen LogP contribution in [0.2, 0.25) is 10.0 Å². The molecule has 0 saturated carbocycles. The summed E-state index contributed by atoms with van der Waals surface area (Å²) < 4.78 is 0. The van der Waals surface area contributed by atoms with Crippen LogP contribution in [0.1, 0.15) is 31.9 Å².